The van der Waals surface area contributed by atoms with Crippen molar-refractivity contribution in [3.63, 3.8) is 0 Å². The van der Waals surface area contributed by atoms with E-state index in [2.05, 4.69) is 11.9 Å². The van der Waals surface area contributed by atoms with Crippen LogP contribution in [0.1, 0.15) is 26.0 Å². The largest absolute Gasteiger partial charge is 0.313 e. The maximum absolute atomic E-state index is 11.1. The van der Waals surface area contributed by atoms with Gasteiger partial charge < -0.3 is 4.57 Å². The van der Waals surface area contributed by atoms with Crippen LogP contribution in [-0.4, -0.2) is 9.55 Å². The third-order valence-corrected chi connectivity index (χ3v) is 1.78. The second-order valence-electron chi connectivity index (χ2n) is 2.75. The molecule has 0 saturated carbocycles. The fraction of sp³-hybridized carbons (Fsp3) is 0.556. The van der Waals surface area contributed by atoms with Gasteiger partial charge in [0.15, 0.2) is 0 Å². The molecule has 12 heavy (non-hydrogen) atoms. The normalized spacial score (nSPS) is 10.2. The molecule has 0 N–H and O–H groups in total. The molecule has 1 heterocycles. The van der Waals surface area contributed by atoms with Gasteiger partial charge >= 0.3 is 0 Å². The first-order valence-corrected chi connectivity index (χ1v) is 4.33. The molecule has 1 aromatic heterocycles. The zero-order chi connectivity index (χ0) is 8.97. The maximum atomic E-state index is 11.1. The quantitative estimate of drug-likeness (QED) is 0.676. The number of rotatable bonds is 3. The predicted molar refractivity (Wildman–Crippen MR) is 48.2 cm³/mol. The van der Waals surface area contributed by atoms with Crippen LogP contribution in [0.15, 0.2) is 17.2 Å². The maximum Gasteiger partial charge on any atom is 0.268 e. The minimum absolute atomic E-state index is 0.0163. The molecule has 3 heteroatoms. The van der Waals surface area contributed by atoms with Gasteiger partial charge in [0, 0.05) is 12.7 Å². The summed E-state index contributed by atoms with van der Waals surface area (Å²) in [4.78, 5) is 15.2. The van der Waals surface area contributed by atoms with Gasteiger partial charge in [-0.3, -0.25) is 9.78 Å². The molecule has 0 bridgehead atoms. The molecule has 0 amide bonds. The third kappa shape index (κ3) is 1.94. The number of nitrogens with zero attached hydrogens (tertiary/aromatic N) is 2. The Kier molecular flexibility index (Phi) is 3.02. The summed E-state index contributed by atoms with van der Waals surface area (Å²) in [5.74, 6) is 0. The second kappa shape index (κ2) is 4.04. The molecule has 1 aromatic rings. The smallest absolute Gasteiger partial charge is 0.268 e. The zero-order valence-corrected chi connectivity index (χ0v) is 7.58. The third-order valence-electron chi connectivity index (χ3n) is 1.78. The first-order chi connectivity index (χ1) is 5.77. The molecule has 0 atom stereocenters. The van der Waals surface area contributed by atoms with E-state index < -0.39 is 0 Å². The lowest BCUT2D eigenvalue weighted by atomic mass is 10.3. The van der Waals surface area contributed by atoms with Gasteiger partial charge in [0.1, 0.15) is 0 Å². The van der Waals surface area contributed by atoms with Gasteiger partial charge in [0.05, 0.1) is 11.9 Å². The topological polar surface area (TPSA) is 34.9 Å². The van der Waals surface area contributed by atoms with Crippen molar-refractivity contribution in [1.82, 2.24) is 9.55 Å². The van der Waals surface area contributed by atoms with E-state index in [0.717, 1.165) is 25.1 Å². The minimum Gasteiger partial charge on any atom is -0.313 e. The van der Waals surface area contributed by atoms with Crippen LogP contribution in [0.2, 0.25) is 0 Å². The number of hydrogen-bond donors (Lipinski definition) is 0. The fourth-order valence-electron chi connectivity index (χ4n) is 1.12. The highest BCUT2D eigenvalue weighted by Gasteiger charge is 1.96. The van der Waals surface area contributed by atoms with Crippen LogP contribution in [0, 0.1) is 0 Å². The van der Waals surface area contributed by atoms with Gasteiger partial charge in [0.25, 0.3) is 5.56 Å². The predicted octanol–water partition coefficient (Wildman–Crippen LogP) is 1.22. The molecule has 0 spiro atoms. The number of aromatic nitrogens is 2. The molecule has 3 nitrogen and oxygen atoms in total. The second-order valence-corrected chi connectivity index (χ2v) is 2.75. The van der Waals surface area contributed by atoms with Crippen molar-refractivity contribution >= 4 is 0 Å². The summed E-state index contributed by atoms with van der Waals surface area (Å²) in [6.45, 7) is 4.78. The summed E-state index contributed by atoms with van der Waals surface area (Å²) in [5, 5.41) is 0. The van der Waals surface area contributed by atoms with E-state index in [1.54, 1.807) is 4.57 Å². The lowest BCUT2D eigenvalue weighted by Gasteiger charge is -2.02. The molecule has 0 aliphatic rings. The highest BCUT2D eigenvalue weighted by molar-refractivity contribution is 4.96. The van der Waals surface area contributed by atoms with E-state index in [1.807, 2.05) is 13.1 Å². The van der Waals surface area contributed by atoms with Crippen molar-refractivity contribution in [3.8, 4) is 0 Å². The van der Waals surface area contributed by atoms with Crippen LogP contribution in [0.5, 0.6) is 0 Å². The van der Waals surface area contributed by atoms with Crippen LogP contribution in [0.25, 0.3) is 0 Å². The Bertz CT molecular complexity index is 304. The van der Waals surface area contributed by atoms with Gasteiger partial charge in [-0.25, -0.2) is 0 Å². The monoisotopic (exact) mass is 166 g/mol. The van der Waals surface area contributed by atoms with Crippen LogP contribution in [0.3, 0.4) is 0 Å². The summed E-state index contributed by atoms with van der Waals surface area (Å²) >= 11 is 0. The fourth-order valence-corrected chi connectivity index (χ4v) is 1.12. The molecule has 66 valence electrons. The van der Waals surface area contributed by atoms with Crippen molar-refractivity contribution in [3.05, 3.63) is 28.4 Å². The van der Waals surface area contributed by atoms with Crippen LogP contribution in [0.4, 0.5) is 0 Å². The molecule has 0 fully saturated rings. The Labute approximate surface area is 72.1 Å². The molecule has 0 radical (unpaired) electrons. The SMILES string of the molecule is CCCc1cn(CC)c(=O)cn1. The molecule has 0 aromatic carbocycles. The summed E-state index contributed by atoms with van der Waals surface area (Å²) < 4.78 is 1.68. The molecular weight excluding hydrogens is 152 g/mol. The Morgan fingerprint density at radius 2 is 2.25 bits per heavy atom. The van der Waals surface area contributed by atoms with Crippen LogP contribution < -0.4 is 5.56 Å². The Balaban J connectivity index is 2.97. The van der Waals surface area contributed by atoms with Gasteiger partial charge in [-0.2, -0.15) is 0 Å². The minimum atomic E-state index is -0.0163. The van der Waals surface area contributed by atoms with E-state index in [1.165, 1.54) is 6.20 Å². The summed E-state index contributed by atoms with van der Waals surface area (Å²) in [6.07, 6.45) is 5.25. The van der Waals surface area contributed by atoms with E-state index in [-0.39, 0.29) is 5.56 Å². The van der Waals surface area contributed by atoms with Crippen LogP contribution in [-0.2, 0) is 13.0 Å². The molecule has 0 aliphatic carbocycles. The Hall–Kier alpha value is -1.12. The highest BCUT2D eigenvalue weighted by atomic mass is 16.1. The zero-order valence-electron chi connectivity index (χ0n) is 7.58. The first-order valence-electron chi connectivity index (χ1n) is 4.33. The van der Waals surface area contributed by atoms with Crippen molar-refractivity contribution in [2.75, 3.05) is 0 Å². The molecule has 0 unspecified atom stereocenters. The molecule has 0 saturated heterocycles. The molecule has 0 aliphatic heterocycles. The van der Waals surface area contributed by atoms with Crippen molar-refractivity contribution < 1.29 is 0 Å². The van der Waals surface area contributed by atoms with Gasteiger partial charge in [0.2, 0.25) is 0 Å². The Morgan fingerprint density at radius 3 is 2.83 bits per heavy atom. The lowest BCUT2D eigenvalue weighted by Crippen LogP contribution is -2.19. The van der Waals surface area contributed by atoms with Crippen LogP contribution >= 0.6 is 0 Å². The number of hydrogen-bond acceptors (Lipinski definition) is 2. The summed E-state index contributed by atoms with van der Waals surface area (Å²) in [7, 11) is 0. The van der Waals surface area contributed by atoms with Crippen molar-refractivity contribution in [2.24, 2.45) is 0 Å². The summed E-state index contributed by atoms with van der Waals surface area (Å²) in [5.41, 5.74) is 0.983. The molecular formula is C9H14N2O. The number of aryl methyl sites for hydroxylation is 2. The van der Waals surface area contributed by atoms with Gasteiger partial charge in [-0.1, -0.05) is 13.3 Å². The molecule has 1 rings (SSSR count). The van der Waals surface area contributed by atoms with E-state index in [4.69, 9.17) is 0 Å². The van der Waals surface area contributed by atoms with Crippen molar-refractivity contribution in [2.45, 2.75) is 33.2 Å². The summed E-state index contributed by atoms with van der Waals surface area (Å²) in [6, 6.07) is 0. The van der Waals surface area contributed by atoms with Gasteiger partial charge in [-0.05, 0) is 13.3 Å². The van der Waals surface area contributed by atoms with E-state index >= 15 is 0 Å². The van der Waals surface area contributed by atoms with E-state index in [0.29, 0.717) is 0 Å². The highest BCUT2D eigenvalue weighted by Crippen LogP contribution is 1.95. The average Bonchev–Trinajstić information content (AvgIpc) is 2.09. The average molecular weight is 166 g/mol. The first kappa shape index (κ1) is 8.97. The Morgan fingerprint density at radius 1 is 1.50 bits per heavy atom. The van der Waals surface area contributed by atoms with E-state index in [9.17, 15) is 4.79 Å². The van der Waals surface area contributed by atoms with Gasteiger partial charge in [-0.15, -0.1) is 0 Å². The standard InChI is InChI=1S/C9H14N2O/c1-3-5-8-7-11(4-2)9(12)6-10-8/h6-7H,3-5H2,1-2H3. The van der Waals surface area contributed by atoms with Crippen molar-refractivity contribution in [1.29, 1.82) is 0 Å². The lowest BCUT2D eigenvalue weighted by molar-refractivity contribution is 0.697.